The summed E-state index contributed by atoms with van der Waals surface area (Å²) in [6.45, 7) is 4.29. The van der Waals surface area contributed by atoms with Crippen LogP contribution in [0.5, 0.6) is 0 Å². The van der Waals surface area contributed by atoms with Crippen molar-refractivity contribution in [2.45, 2.75) is 19.4 Å². The Kier molecular flexibility index (Phi) is 3.87. The van der Waals surface area contributed by atoms with Crippen LogP contribution in [0.25, 0.3) is 0 Å². The molecule has 1 aromatic carbocycles. The van der Waals surface area contributed by atoms with Crippen molar-refractivity contribution >= 4 is 6.03 Å². The fourth-order valence-electron chi connectivity index (χ4n) is 2.22. The molecule has 1 heterocycles. The van der Waals surface area contributed by atoms with E-state index < -0.39 is 0 Å². The van der Waals surface area contributed by atoms with Crippen LogP contribution in [0.1, 0.15) is 24.1 Å². The van der Waals surface area contributed by atoms with Crippen LogP contribution in [0.15, 0.2) is 24.3 Å². The number of aryl methyl sites for hydroxylation is 1. The zero-order valence-electron chi connectivity index (χ0n) is 11.1. The van der Waals surface area contributed by atoms with Crippen LogP contribution in [-0.4, -0.2) is 42.5 Å². The second kappa shape index (κ2) is 5.40. The molecular formula is C14H21N3O. The highest BCUT2D eigenvalue weighted by atomic mass is 16.2. The van der Waals surface area contributed by atoms with Gasteiger partial charge in [0.05, 0.1) is 0 Å². The van der Waals surface area contributed by atoms with E-state index in [0.717, 1.165) is 25.1 Å². The number of nitrogens with two attached hydrogens (primary N) is 1. The average Bonchev–Trinajstić information content (AvgIpc) is 2.71. The molecule has 0 bridgehead atoms. The van der Waals surface area contributed by atoms with E-state index in [4.69, 9.17) is 5.73 Å². The highest BCUT2D eigenvalue weighted by Crippen LogP contribution is 2.16. The first kappa shape index (κ1) is 12.9. The predicted molar refractivity (Wildman–Crippen MR) is 72.3 cm³/mol. The minimum absolute atomic E-state index is 0.0793. The lowest BCUT2D eigenvalue weighted by atomic mass is 10.0. The lowest BCUT2D eigenvalue weighted by Crippen LogP contribution is -2.35. The van der Waals surface area contributed by atoms with E-state index >= 15 is 0 Å². The molecule has 0 radical (unpaired) electrons. The Balaban J connectivity index is 1.98. The number of carbonyl (C=O) groups excluding carboxylic acids is 1. The number of hydrogen-bond donors (Lipinski definition) is 1. The molecule has 98 valence electrons. The second-order valence-electron chi connectivity index (χ2n) is 4.85. The lowest BCUT2D eigenvalue weighted by molar-refractivity contribution is 0.196. The van der Waals surface area contributed by atoms with E-state index in [1.807, 2.05) is 11.9 Å². The number of likely N-dealkylation sites (N-methyl/N-ethyl adjacent to an activating group) is 1. The minimum atomic E-state index is -0.105. The summed E-state index contributed by atoms with van der Waals surface area (Å²) in [5.74, 6) is 0. The van der Waals surface area contributed by atoms with E-state index in [-0.39, 0.29) is 12.1 Å². The molecular weight excluding hydrogens is 226 g/mol. The third-order valence-corrected chi connectivity index (χ3v) is 3.54. The molecule has 2 N–H and O–H groups in total. The molecule has 2 rings (SSSR count). The van der Waals surface area contributed by atoms with Crippen LogP contribution in [0.4, 0.5) is 4.79 Å². The van der Waals surface area contributed by atoms with Crippen LogP contribution < -0.4 is 5.73 Å². The van der Waals surface area contributed by atoms with Gasteiger partial charge in [0.1, 0.15) is 0 Å². The Labute approximate surface area is 108 Å². The van der Waals surface area contributed by atoms with Crippen LogP contribution in [0.2, 0.25) is 0 Å². The summed E-state index contributed by atoms with van der Waals surface area (Å²) in [6.07, 6.45) is 1.03. The van der Waals surface area contributed by atoms with Crippen LogP contribution in [0.3, 0.4) is 0 Å². The highest BCUT2D eigenvalue weighted by Gasteiger charge is 2.26. The maximum absolute atomic E-state index is 11.8. The number of benzene rings is 1. The summed E-state index contributed by atoms with van der Waals surface area (Å²) < 4.78 is 0. The van der Waals surface area contributed by atoms with Crippen molar-refractivity contribution < 1.29 is 4.79 Å². The lowest BCUT2D eigenvalue weighted by Gasteiger charge is -2.21. The van der Waals surface area contributed by atoms with Crippen molar-refractivity contribution in [3.8, 4) is 0 Å². The van der Waals surface area contributed by atoms with Crippen LogP contribution >= 0.6 is 0 Å². The molecule has 1 unspecified atom stereocenters. The van der Waals surface area contributed by atoms with Gasteiger partial charge in [-0.15, -0.1) is 0 Å². The van der Waals surface area contributed by atoms with E-state index in [1.54, 1.807) is 4.90 Å². The summed E-state index contributed by atoms with van der Waals surface area (Å²) in [7, 11) is 1.82. The van der Waals surface area contributed by atoms with E-state index in [2.05, 4.69) is 31.2 Å². The molecule has 18 heavy (non-hydrogen) atoms. The van der Waals surface area contributed by atoms with Gasteiger partial charge in [0.2, 0.25) is 0 Å². The zero-order valence-corrected chi connectivity index (χ0v) is 11.1. The fourth-order valence-corrected chi connectivity index (χ4v) is 2.22. The summed E-state index contributed by atoms with van der Waals surface area (Å²) >= 11 is 0. The van der Waals surface area contributed by atoms with E-state index in [1.165, 1.54) is 5.56 Å². The van der Waals surface area contributed by atoms with Gasteiger partial charge in [-0.2, -0.15) is 0 Å². The largest absolute Gasteiger partial charge is 0.326 e. The van der Waals surface area contributed by atoms with Crippen molar-refractivity contribution in [2.24, 2.45) is 5.73 Å². The van der Waals surface area contributed by atoms with Gasteiger partial charge in [0.25, 0.3) is 0 Å². The predicted octanol–water partition coefficient (Wildman–Crippen LogP) is 1.62. The normalized spacial score (nSPS) is 17.4. The number of urea groups is 1. The Bertz CT molecular complexity index is 416. The van der Waals surface area contributed by atoms with Gasteiger partial charge >= 0.3 is 6.03 Å². The Morgan fingerprint density at radius 2 is 1.94 bits per heavy atom. The number of nitrogens with zero attached hydrogens (tertiary/aromatic N) is 2. The molecule has 4 nitrogen and oxygen atoms in total. The van der Waals surface area contributed by atoms with Gasteiger partial charge in [-0.1, -0.05) is 31.2 Å². The zero-order chi connectivity index (χ0) is 13.1. The fraction of sp³-hybridized carbons (Fsp3) is 0.500. The van der Waals surface area contributed by atoms with Gasteiger partial charge < -0.3 is 15.5 Å². The number of hydrogen-bond acceptors (Lipinski definition) is 2. The van der Waals surface area contributed by atoms with Gasteiger partial charge in [-0.3, -0.25) is 0 Å². The quantitative estimate of drug-likeness (QED) is 0.879. The topological polar surface area (TPSA) is 49.6 Å². The van der Waals surface area contributed by atoms with Crippen molar-refractivity contribution in [1.82, 2.24) is 9.80 Å². The SMILES string of the molecule is CCc1ccc(C(N)CN2CCN(C)C2=O)cc1. The van der Waals surface area contributed by atoms with Crippen molar-refractivity contribution in [3.05, 3.63) is 35.4 Å². The third kappa shape index (κ3) is 2.64. The van der Waals surface area contributed by atoms with Gasteiger partial charge in [-0.25, -0.2) is 4.79 Å². The van der Waals surface area contributed by atoms with Crippen molar-refractivity contribution in [3.63, 3.8) is 0 Å². The summed E-state index contributed by atoms with van der Waals surface area (Å²) in [6, 6.07) is 8.31. The molecule has 1 saturated heterocycles. The van der Waals surface area contributed by atoms with Crippen LogP contribution in [0, 0.1) is 0 Å². The smallest absolute Gasteiger partial charge is 0.319 e. The molecule has 0 aliphatic carbocycles. The van der Waals surface area contributed by atoms with Crippen molar-refractivity contribution in [1.29, 1.82) is 0 Å². The minimum Gasteiger partial charge on any atom is -0.326 e. The first-order chi connectivity index (χ1) is 8.61. The van der Waals surface area contributed by atoms with E-state index in [9.17, 15) is 4.79 Å². The molecule has 1 aromatic rings. The standard InChI is InChI=1S/C14H21N3O/c1-3-11-4-6-12(7-5-11)13(15)10-17-9-8-16(2)14(17)18/h4-7,13H,3,8-10,15H2,1-2H3. The first-order valence-electron chi connectivity index (χ1n) is 6.46. The Morgan fingerprint density at radius 3 is 2.44 bits per heavy atom. The molecule has 1 fully saturated rings. The molecule has 1 aliphatic rings. The van der Waals surface area contributed by atoms with E-state index in [0.29, 0.717) is 6.54 Å². The maximum atomic E-state index is 11.8. The number of carbonyl (C=O) groups is 1. The Hall–Kier alpha value is -1.55. The third-order valence-electron chi connectivity index (χ3n) is 3.54. The monoisotopic (exact) mass is 247 g/mol. The summed E-state index contributed by atoms with van der Waals surface area (Å²) in [5, 5.41) is 0. The summed E-state index contributed by atoms with van der Waals surface area (Å²) in [4.78, 5) is 15.3. The highest BCUT2D eigenvalue weighted by molar-refractivity contribution is 5.76. The maximum Gasteiger partial charge on any atom is 0.319 e. The van der Waals surface area contributed by atoms with Crippen molar-refractivity contribution in [2.75, 3.05) is 26.7 Å². The first-order valence-corrected chi connectivity index (χ1v) is 6.46. The summed E-state index contributed by atoms with van der Waals surface area (Å²) in [5.41, 5.74) is 8.56. The number of rotatable bonds is 4. The van der Waals surface area contributed by atoms with Gasteiger partial charge in [0, 0.05) is 32.7 Å². The van der Waals surface area contributed by atoms with Gasteiger partial charge in [-0.05, 0) is 17.5 Å². The molecule has 0 aromatic heterocycles. The van der Waals surface area contributed by atoms with Crippen LogP contribution in [-0.2, 0) is 6.42 Å². The molecule has 4 heteroatoms. The average molecular weight is 247 g/mol. The second-order valence-corrected chi connectivity index (χ2v) is 4.85. The number of amides is 2. The molecule has 0 spiro atoms. The Morgan fingerprint density at radius 1 is 1.28 bits per heavy atom. The molecule has 0 saturated carbocycles. The molecule has 1 atom stereocenters. The molecule has 2 amide bonds. The molecule has 1 aliphatic heterocycles. The van der Waals surface area contributed by atoms with Gasteiger partial charge in [0.15, 0.2) is 0 Å².